The highest BCUT2D eigenvalue weighted by molar-refractivity contribution is 5.25. The molecule has 72 valence electrons. The van der Waals surface area contributed by atoms with Crippen LogP contribution in [-0.4, -0.2) is 10.1 Å². The van der Waals surface area contributed by atoms with Crippen molar-refractivity contribution in [2.75, 3.05) is 0 Å². The molecule has 1 aromatic heterocycles. The number of nitrogens with zero attached hydrogens (tertiary/aromatic N) is 1. The molecular formula is C7H5F4NO. The molecule has 1 rings (SSSR count). The number of alkyl halides is 3. The average molecular weight is 195 g/mol. The van der Waals surface area contributed by atoms with Gasteiger partial charge in [0.2, 0.25) is 5.95 Å². The molecule has 0 fully saturated rings. The van der Waals surface area contributed by atoms with E-state index in [0.717, 1.165) is 0 Å². The summed E-state index contributed by atoms with van der Waals surface area (Å²) in [5, 5.41) is 8.51. The Morgan fingerprint density at radius 2 is 2.00 bits per heavy atom. The molecule has 0 unspecified atom stereocenters. The third-order valence-corrected chi connectivity index (χ3v) is 1.43. The van der Waals surface area contributed by atoms with E-state index in [0.29, 0.717) is 12.3 Å². The van der Waals surface area contributed by atoms with Crippen LogP contribution in [0, 0.1) is 5.95 Å². The zero-order valence-corrected chi connectivity index (χ0v) is 6.27. The van der Waals surface area contributed by atoms with Crippen LogP contribution in [0.3, 0.4) is 0 Å². The molecule has 0 atom stereocenters. The number of hydrogen-bond donors (Lipinski definition) is 1. The number of pyridine rings is 1. The second-order valence-electron chi connectivity index (χ2n) is 2.32. The fourth-order valence-corrected chi connectivity index (χ4v) is 0.854. The maximum absolute atomic E-state index is 12.3. The first-order valence-corrected chi connectivity index (χ1v) is 3.27. The second-order valence-corrected chi connectivity index (χ2v) is 2.32. The van der Waals surface area contributed by atoms with Crippen LogP contribution in [0.4, 0.5) is 17.6 Å². The Kier molecular flexibility index (Phi) is 2.51. The summed E-state index contributed by atoms with van der Waals surface area (Å²) in [6.45, 7) is -0.867. The van der Waals surface area contributed by atoms with Crippen molar-refractivity contribution in [1.82, 2.24) is 4.98 Å². The minimum atomic E-state index is -4.61. The van der Waals surface area contributed by atoms with Crippen LogP contribution in [0.25, 0.3) is 0 Å². The standard InChI is InChI=1S/C7H5F4NO/c8-6-1-4(3-13)5(2-12-6)7(9,10)11/h1-2,13H,3H2. The summed E-state index contributed by atoms with van der Waals surface area (Å²) in [5.74, 6) is -1.04. The van der Waals surface area contributed by atoms with Gasteiger partial charge in [0, 0.05) is 6.20 Å². The highest BCUT2D eigenvalue weighted by atomic mass is 19.4. The Balaban J connectivity index is 3.22. The first kappa shape index (κ1) is 9.91. The van der Waals surface area contributed by atoms with Crippen LogP contribution >= 0.6 is 0 Å². The molecule has 0 saturated heterocycles. The maximum atomic E-state index is 12.3. The van der Waals surface area contributed by atoms with Gasteiger partial charge in [-0.1, -0.05) is 0 Å². The smallest absolute Gasteiger partial charge is 0.392 e. The molecule has 2 nitrogen and oxygen atoms in total. The number of aromatic nitrogens is 1. The molecule has 0 amide bonds. The van der Waals surface area contributed by atoms with Gasteiger partial charge < -0.3 is 5.11 Å². The van der Waals surface area contributed by atoms with Gasteiger partial charge in [0.25, 0.3) is 0 Å². The van der Waals surface area contributed by atoms with Gasteiger partial charge in [0.1, 0.15) is 0 Å². The zero-order valence-electron chi connectivity index (χ0n) is 6.27. The van der Waals surface area contributed by atoms with Crippen LogP contribution in [0.5, 0.6) is 0 Å². The van der Waals surface area contributed by atoms with Crippen molar-refractivity contribution in [2.24, 2.45) is 0 Å². The molecule has 1 N–H and O–H groups in total. The molecule has 0 saturated carbocycles. The normalized spacial score (nSPS) is 11.8. The minimum absolute atomic E-state index is 0.362. The van der Waals surface area contributed by atoms with Gasteiger partial charge in [-0.05, 0) is 11.6 Å². The molecule has 6 heteroatoms. The molecule has 13 heavy (non-hydrogen) atoms. The van der Waals surface area contributed by atoms with E-state index in [1.165, 1.54) is 0 Å². The number of aliphatic hydroxyl groups excluding tert-OH is 1. The molecule has 1 aromatic rings. The number of rotatable bonds is 1. The van der Waals surface area contributed by atoms with Crippen molar-refractivity contribution in [1.29, 1.82) is 0 Å². The predicted octanol–water partition coefficient (Wildman–Crippen LogP) is 1.73. The SMILES string of the molecule is OCc1cc(F)ncc1C(F)(F)F. The summed E-state index contributed by atoms with van der Waals surface area (Å²) >= 11 is 0. The summed E-state index contributed by atoms with van der Waals surface area (Å²) in [7, 11) is 0. The Labute approximate surface area is 70.8 Å². The van der Waals surface area contributed by atoms with Gasteiger partial charge in [-0.25, -0.2) is 4.98 Å². The summed E-state index contributed by atoms with van der Waals surface area (Å²) in [4.78, 5) is 2.86. The van der Waals surface area contributed by atoms with Gasteiger partial charge >= 0.3 is 6.18 Å². The number of aliphatic hydroxyl groups is 1. The van der Waals surface area contributed by atoms with Crippen LogP contribution in [0.2, 0.25) is 0 Å². The van der Waals surface area contributed by atoms with E-state index in [4.69, 9.17) is 5.11 Å². The van der Waals surface area contributed by atoms with E-state index in [9.17, 15) is 17.6 Å². The minimum Gasteiger partial charge on any atom is -0.392 e. The maximum Gasteiger partial charge on any atom is 0.418 e. The van der Waals surface area contributed by atoms with Gasteiger partial charge in [-0.15, -0.1) is 0 Å². The molecule has 0 aromatic carbocycles. The van der Waals surface area contributed by atoms with Crippen LogP contribution in [-0.2, 0) is 12.8 Å². The average Bonchev–Trinajstić information content (AvgIpc) is 2.01. The van der Waals surface area contributed by atoms with E-state index in [2.05, 4.69) is 4.98 Å². The fourth-order valence-electron chi connectivity index (χ4n) is 0.854. The van der Waals surface area contributed by atoms with Crippen molar-refractivity contribution in [3.63, 3.8) is 0 Å². The number of hydrogen-bond acceptors (Lipinski definition) is 2. The first-order valence-electron chi connectivity index (χ1n) is 3.27. The summed E-state index contributed by atoms with van der Waals surface area (Å²) in [6.07, 6.45) is -4.25. The molecule has 0 aliphatic rings. The zero-order chi connectivity index (χ0) is 10.1. The van der Waals surface area contributed by atoms with Gasteiger partial charge in [-0.2, -0.15) is 17.6 Å². The van der Waals surface area contributed by atoms with Gasteiger partial charge in [-0.3, -0.25) is 0 Å². The third-order valence-electron chi connectivity index (χ3n) is 1.43. The Bertz CT molecular complexity index is 310. The molecule has 1 heterocycles. The van der Waals surface area contributed by atoms with E-state index >= 15 is 0 Å². The molecular weight excluding hydrogens is 190 g/mol. The van der Waals surface area contributed by atoms with Crippen LogP contribution in [0.15, 0.2) is 12.3 Å². The van der Waals surface area contributed by atoms with Gasteiger partial charge in [0.05, 0.1) is 12.2 Å². The lowest BCUT2D eigenvalue weighted by Gasteiger charge is -2.09. The van der Waals surface area contributed by atoms with E-state index < -0.39 is 29.9 Å². The molecule has 0 radical (unpaired) electrons. The van der Waals surface area contributed by atoms with Gasteiger partial charge in [0.15, 0.2) is 0 Å². The topological polar surface area (TPSA) is 33.1 Å². The van der Waals surface area contributed by atoms with Crippen molar-refractivity contribution in [3.8, 4) is 0 Å². The monoisotopic (exact) mass is 195 g/mol. The van der Waals surface area contributed by atoms with Crippen LogP contribution < -0.4 is 0 Å². The Morgan fingerprint density at radius 1 is 1.38 bits per heavy atom. The lowest BCUT2D eigenvalue weighted by molar-refractivity contribution is -0.139. The second kappa shape index (κ2) is 3.29. The largest absolute Gasteiger partial charge is 0.418 e. The van der Waals surface area contributed by atoms with Crippen molar-refractivity contribution in [3.05, 3.63) is 29.3 Å². The molecule has 0 bridgehead atoms. The lowest BCUT2D eigenvalue weighted by Crippen LogP contribution is -2.10. The molecule has 0 spiro atoms. The van der Waals surface area contributed by atoms with E-state index in [-0.39, 0.29) is 0 Å². The van der Waals surface area contributed by atoms with Crippen molar-refractivity contribution >= 4 is 0 Å². The summed E-state index contributed by atoms with van der Waals surface area (Å²) in [6, 6.07) is 0.558. The summed E-state index contributed by atoms with van der Waals surface area (Å²) in [5.41, 5.74) is -1.63. The Hall–Kier alpha value is -1.17. The fraction of sp³-hybridized carbons (Fsp3) is 0.286. The third kappa shape index (κ3) is 2.15. The predicted molar refractivity (Wildman–Crippen MR) is 35.1 cm³/mol. The quantitative estimate of drug-likeness (QED) is 0.546. The van der Waals surface area contributed by atoms with E-state index in [1.54, 1.807) is 0 Å². The van der Waals surface area contributed by atoms with Crippen molar-refractivity contribution < 1.29 is 22.7 Å². The van der Waals surface area contributed by atoms with Crippen molar-refractivity contribution in [2.45, 2.75) is 12.8 Å². The molecule has 0 aliphatic heterocycles. The first-order chi connectivity index (χ1) is 5.95. The lowest BCUT2D eigenvalue weighted by atomic mass is 10.1. The Morgan fingerprint density at radius 3 is 2.46 bits per heavy atom. The highest BCUT2D eigenvalue weighted by Gasteiger charge is 2.33. The highest BCUT2D eigenvalue weighted by Crippen LogP contribution is 2.31. The number of halogens is 4. The molecule has 0 aliphatic carbocycles. The van der Waals surface area contributed by atoms with Crippen LogP contribution in [0.1, 0.15) is 11.1 Å². The summed E-state index contributed by atoms with van der Waals surface area (Å²) < 4.78 is 48.6. The van der Waals surface area contributed by atoms with E-state index in [1.807, 2.05) is 0 Å².